The fraction of sp³-hybridized carbons (Fsp3) is 0.714. The van der Waals surface area contributed by atoms with Gasteiger partial charge in [0.15, 0.2) is 11.5 Å². The Morgan fingerprint density at radius 2 is 2.04 bits per heavy atom. The molecule has 1 aromatic carbocycles. The molecule has 4 aliphatic rings. The zero-order valence-corrected chi connectivity index (χ0v) is 15.3. The quantitative estimate of drug-likeness (QED) is 0.770. The van der Waals surface area contributed by atoms with Crippen LogP contribution in [0.15, 0.2) is 12.1 Å². The fourth-order valence-corrected chi connectivity index (χ4v) is 6.12. The highest BCUT2D eigenvalue weighted by molar-refractivity contribution is 5.60. The van der Waals surface area contributed by atoms with Crippen LogP contribution in [0.4, 0.5) is 0 Å². The standard InChI is InChI=1S/C21H30N2O2/c1-3-21-14-7-8-15(22-2)20(21)25-19-17(24)9-6-13(18(19)21)10-16(14)23-11-12-4-5-12/h6,9,12,14-16,20,22-24H,3-5,7-8,10-11H2,1-2H3. The zero-order chi connectivity index (χ0) is 17.2. The second-order valence-corrected chi connectivity index (χ2v) is 8.62. The predicted octanol–water partition coefficient (Wildman–Crippen LogP) is 2.72. The van der Waals surface area contributed by atoms with Crippen molar-refractivity contribution in [2.45, 2.75) is 69.1 Å². The van der Waals surface area contributed by atoms with Crippen molar-refractivity contribution in [3.05, 3.63) is 23.3 Å². The van der Waals surface area contributed by atoms with Gasteiger partial charge in [-0.05, 0) is 75.6 Å². The first kappa shape index (κ1) is 16.0. The summed E-state index contributed by atoms with van der Waals surface area (Å²) in [5, 5.41) is 17.9. The molecule has 5 rings (SSSR count). The maximum atomic E-state index is 10.5. The number of hydrogen-bond donors (Lipinski definition) is 3. The predicted molar refractivity (Wildman–Crippen MR) is 98.3 cm³/mol. The molecule has 136 valence electrons. The van der Waals surface area contributed by atoms with Gasteiger partial charge in [0.25, 0.3) is 0 Å². The summed E-state index contributed by atoms with van der Waals surface area (Å²) in [6, 6.07) is 4.87. The highest BCUT2D eigenvalue weighted by Gasteiger charge is 2.62. The van der Waals surface area contributed by atoms with Gasteiger partial charge in [0.05, 0.1) is 0 Å². The van der Waals surface area contributed by atoms with Crippen LogP contribution in [0.2, 0.25) is 0 Å². The first-order chi connectivity index (χ1) is 12.2. The maximum absolute atomic E-state index is 10.5. The number of phenolic OH excluding ortho intramolecular Hbond substituents is 1. The first-order valence-corrected chi connectivity index (χ1v) is 10.1. The second kappa shape index (κ2) is 5.62. The highest BCUT2D eigenvalue weighted by Crippen LogP contribution is 2.61. The third-order valence-electron chi connectivity index (χ3n) is 7.50. The Hall–Kier alpha value is -1.26. The average molecular weight is 342 g/mol. The number of aromatic hydroxyl groups is 1. The van der Waals surface area contributed by atoms with E-state index in [0.717, 1.165) is 30.9 Å². The van der Waals surface area contributed by atoms with Gasteiger partial charge in [0.2, 0.25) is 0 Å². The summed E-state index contributed by atoms with van der Waals surface area (Å²) in [5.74, 6) is 2.59. The summed E-state index contributed by atoms with van der Waals surface area (Å²) in [6.07, 6.45) is 7.45. The summed E-state index contributed by atoms with van der Waals surface area (Å²) >= 11 is 0. The van der Waals surface area contributed by atoms with Gasteiger partial charge in [0.1, 0.15) is 6.10 Å². The van der Waals surface area contributed by atoms with Gasteiger partial charge in [-0.15, -0.1) is 0 Å². The summed E-state index contributed by atoms with van der Waals surface area (Å²) < 4.78 is 6.48. The molecule has 3 N–H and O–H groups in total. The lowest BCUT2D eigenvalue weighted by Gasteiger charge is -2.53. The Labute approximate surface area is 150 Å². The molecule has 4 heteroatoms. The maximum Gasteiger partial charge on any atom is 0.165 e. The fourth-order valence-electron chi connectivity index (χ4n) is 6.12. The van der Waals surface area contributed by atoms with Crippen LogP contribution in [0.1, 0.15) is 50.2 Å². The largest absolute Gasteiger partial charge is 0.504 e. The Kier molecular flexibility index (Phi) is 3.58. The smallest absolute Gasteiger partial charge is 0.165 e. The number of rotatable bonds is 5. The minimum atomic E-state index is 0.0365. The monoisotopic (exact) mass is 342 g/mol. The molecule has 3 aliphatic carbocycles. The van der Waals surface area contributed by atoms with Crippen LogP contribution in [0, 0.1) is 11.8 Å². The molecule has 5 atom stereocenters. The molecule has 2 fully saturated rings. The lowest BCUT2D eigenvalue weighted by atomic mass is 9.53. The normalized spacial score (nSPS) is 38.3. The third kappa shape index (κ3) is 2.13. The number of benzene rings is 1. The Bertz CT molecular complexity index is 687. The van der Waals surface area contributed by atoms with E-state index in [4.69, 9.17) is 4.74 Å². The number of nitrogens with one attached hydrogen (secondary N) is 2. The van der Waals surface area contributed by atoms with E-state index in [2.05, 4.69) is 23.6 Å². The van der Waals surface area contributed by atoms with Gasteiger partial charge in [-0.1, -0.05) is 13.0 Å². The van der Waals surface area contributed by atoms with Crippen LogP contribution in [0.5, 0.6) is 11.5 Å². The van der Waals surface area contributed by atoms with E-state index in [9.17, 15) is 5.11 Å². The van der Waals surface area contributed by atoms with Gasteiger partial charge in [-0.2, -0.15) is 0 Å². The van der Waals surface area contributed by atoms with Crippen molar-refractivity contribution in [2.24, 2.45) is 11.8 Å². The van der Waals surface area contributed by atoms with Crippen molar-refractivity contribution >= 4 is 0 Å². The molecule has 0 radical (unpaired) electrons. The van der Waals surface area contributed by atoms with Crippen molar-refractivity contribution in [3.8, 4) is 11.5 Å². The topological polar surface area (TPSA) is 53.5 Å². The van der Waals surface area contributed by atoms with Gasteiger partial charge in [-0.3, -0.25) is 0 Å². The summed E-state index contributed by atoms with van der Waals surface area (Å²) in [5.41, 5.74) is 2.75. The lowest BCUT2D eigenvalue weighted by molar-refractivity contribution is 0.00244. The zero-order valence-electron chi connectivity index (χ0n) is 15.3. The molecule has 1 aromatic rings. The van der Waals surface area contributed by atoms with Gasteiger partial charge in [0, 0.05) is 23.1 Å². The van der Waals surface area contributed by atoms with E-state index >= 15 is 0 Å². The Morgan fingerprint density at radius 1 is 1.20 bits per heavy atom. The number of phenols is 1. The van der Waals surface area contributed by atoms with Crippen molar-refractivity contribution < 1.29 is 9.84 Å². The van der Waals surface area contributed by atoms with Crippen LogP contribution in [-0.2, 0) is 11.8 Å². The molecule has 1 aliphatic heterocycles. The molecule has 0 spiro atoms. The van der Waals surface area contributed by atoms with Crippen LogP contribution in [0.3, 0.4) is 0 Å². The number of hydrogen-bond acceptors (Lipinski definition) is 4. The van der Waals surface area contributed by atoms with E-state index in [1.165, 1.54) is 36.9 Å². The Morgan fingerprint density at radius 3 is 2.76 bits per heavy atom. The van der Waals surface area contributed by atoms with E-state index in [1.54, 1.807) is 0 Å². The van der Waals surface area contributed by atoms with Gasteiger partial charge in [-0.25, -0.2) is 0 Å². The summed E-state index contributed by atoms with van der Waals surface area (Å²) in [6.45, 7) is 3.48. The molecule has 0 aromatic heterocycles. The molecular formula is C21H30N2O2. The highest BCUT2D eigenvalue weighted by atomic mass is 16.5. The summed E-state index contributed by atoms with van der Waals surface area (Å²) in [4.78, 5) is 0. The molecule has 0 bridgehead atoms. The first-order valence-electron chi connectivity index (χ1n) is 10.1. The van der Waals surface area contributed by atoms with E-state index in [1.807, 2.05) is 13.1 Å². The molecule has 5 unspecified atom stereocenters. The molecule has 4 nitrogen and oxygen atoms in total. The van der Waals surface area contributed by atoms with Crippen molar-refractivity contribution in [1.29, 1.82) is 0 Å². The average Bonchev–Trinajstić information content (AvgIpc) is 3.39. The molecule has 0 amide bonds. The van der Waals surface area contributed by atoms with E-state index < -0.39 is 0 Å². The Balaban J connectivity index is 1.61. The van der Waals surface area contributed by atoms with Crippen LogP contribution in [-0.4, -0.2) is 36.9 Å². The molecule has 0 saturated heterocycles. The van der Waals surface area contributed by atoms with Crippen molar-refractivity contribution in [2.75, 3.05) is 13.6 Å². The third-order valence-corrected chi connectivity index (χ3v) is 7.50. The molecule has 25 heavy (non-hydrogen) atoms. The molecular weight excluding hydrogens is 312 g/mol. The van der Waals surface area contributed by atoms with Crippen LogP contribution >= 0.6 is 0 Å². The SMILES string of the molecule is CCC12c3c4ccc(O)c3OC1C(NC)CCC2C(NCC1CC1)C4. The van der Waals surface area contributed by atoms with Crippen molar-refractivity contribution in [3.63, 3.8) is 0 Å². The number of ether oxygens (including phenoxy) is 1. The van der Waals surface area contributed by atoms with E-state index in [-0.39, 0.29) is 11.5 Å². The number of likely N-dealkylation sites (N-methyl/N-ethyl adjacent to an activating group) is 1. The lowest BCUT2D eigenvalue weighted by Crippen LogP contribution is -2.64. The van der Waals surface area contributed by atoms with Crippen LogP contribution < -0.4 is 15.4 Å². The van der Waals surface area contributed by atoms with E-state index in [0.29, 0.717) is 23.8 Å². The summed E-state index contributed by atoms with van der Waals surface area (Å²) in [7, 11) is 2.05. The van der Waals surface area contributed by atoms with Crippen LogP contribution in [0.25, 0.3) is 0 Å². The second-order valence-electron chi connectivity index (χ2n) is 8.62. The minimum absolute atomic E-state index is 0.0365. The van der Waals surface area contributed by atoms with Gasteiger partial charge < -0.3 is 20.5 Å². The van der Waals surface area contributed by atoms with Gasteiger partial charge >= 0.3 is 0 Å². The molecule has 1 heterocycles. The molecule has 2 saturated carbocycles. The van der Waals surface area contributed by atoms with Crippen molar-refractivity contribution in [1.82, 2.24) is 10.6 Å². The minimum Gasteiger partial charge on any atom is -0.504 e.